The number of hydrogen-bond acceptors (Lipinski definition) is 10. The first-order valence-corrected chi connectivity index (χ1v) is 12.9. The highest BCUT2D eigenvalue weighted by Gasteiger charge is 2.55. The number of fused-ring (bicyclic) bond motifs is 1. The molecular weight excluding hydrogens is 490 g/mol. The number of nitrogens with zero attached hydrogens (tertiary/aromatic N) is 4. The molecular formula is C23H27N5O7S. The summed E-state index contributed by atoms with van der Waals surface area (Å²) in [5.41, 5.74) is 1.00. The second-order valence-electron chi connectivity index (χ2n) is 9.05. The van der Waals surface area contributed by atoms with Crippen LogP contribution in [0.1, 0.15) is 25.2 Å². The van der Waals surface area contributed by atoms with Gasteiger partial charge in [-0.2, -0.15) is 13.2 Å². The highest BCUT2D eigenvalue weighted by atomic mass is 32.2. The number of nitrogens with two attached hydrogens (primary N) is 1. The summed E-state index contributed by atoms with van der Waals surface area (Å²) < 4.78 is 50.9. The lowest BCUT2D eigenvalue weighted by molar-refractivity contribution is -0.191. The largest absolute Gasteiger partial charge is 0.457 e. The van der Waals surface area contributed by atoms with E-state index in [-0.39, 0.29) is 13.2 Å². The van der Waals surface area contributed by atoms with Crippen molar-refractivity contribution in [2.45, 2.75) is 57.0 Å². The van der Waals surface area contributed by atoms with E-state index in [4.69, 9.17) is 28.3 Å². The Balaban J connectivity index is 1.20. The fourth-order valence-corrected chi connectivity index (χ4v) is 4.61. The second-order valence-corrected chi connectivity index (χ2v) is 10.3. The van der Waals surface area contributed by atoms with Gasteiger partial charge in [-0.1, -0.05) is 30.3 Å². The van der Waals surface area contributed by atoms with Crippen molar-refractivity contribution in [1.29, 1.82) is 0 Å². The Labute approximate surface area is 208 Å². The lowest BCUT2D eigenvalue weighted by atomic mass is 10.1. The summed E-state index contributed by atoms with van der Waals surface area (Å²) in [5, 5.41) is 17.7. The van der Waals surface area contributed by atoms with Crippen LogP contribution in [-0.4, -0.2) is 65.4 Å². The molecule has 36 heavy (non-hydrogen) atoms. The van der Waals surface area contributed by atoms with Gasteiger partial charge in [0.15, 0.2) is 11.6 Å². The van der Waals surface area contributed by atoms with Crippen LogP contribution in [0.5, 0.6) is 11.5 Å². The predicted molar refractivity (Wildman–Crippen MR) is 125 cm³/mol. The van der Waals surface area contributed by atoms with Crippen LogP contribution in [0.15, 0.2) is 54.6 Å². The molecule has 2 aliphatic heterocycles. The zero-order valence-corrected chi connectivity index (χ0v) is 20.6. The number of tetrazole rings is 1. The Morgan fingerprint density at radius 3 is 2.36 bits per heavy atom. The molecule has 2 aromatic carbocycles. The second kappa shape index (κ2) is 9.84. The van der Waals surface area contributed by atoms with Gasteiger partial charge < -0.3 is 18.9 Å². The molecule has 4 atom stereocenters. The van der Waals surface area contributed by atoms with Crippen LogP contribution in [0, 0.1) is 0 Å². The zero-order chi connectivity index (χ0) is 25.3. The third-order valence-electron chi connectivity index (χ3n) is 5.74. The SMILES string of the molecule is CC1(C)O[C@@H]2[C@H](O1)[C@@H](COS(N)(=O)=O)O[C@H]2Cn1nnc(Cc2ccc(Oc3ccccc3)cc2)n1. The fraction of sp³-hybridized carbons (Fsp3) is 0.435. The van der Waals surface area contributed by atoms with Crippen LogP contribution in [-0.2, 0) is 41.7 Å². The van der Waals surface area contributed by atoms with E-state index in [1.807, 2.05) is 54.6 Å². The first-order chi connectivity index (χ1) is 17.1. The molecule has 2 fully saturated rings. The van der Waals surface area contributed by atoms with Crippen molar-refractivity contribution in [3.63, 3.8) is 0 Å². The molecule has 2 saturated heterocycles. The topological polar surface area (TPSA) is 150 Å². The number of aromatic nitrogens is 4. The van der Waals surface area contributed by atoms with Gasteiger partial charge in [0.05, 0.1) is 13.2 Å². The van der Waals surface area contributed by atoms with Crippen molar-refractivity contribution in [2.75, 3.05) is 6.61 Å². The summed E-state index contributed by atoms with van der Waals surface area (Å²) >= 11 is 0. The number of para-hydroxylation sites is 1. The van der Waals surface area contributed by atoms with E-state index in [1.165, 1.54) is 4.80 Å². The lowest BCUT2D eigenvalue weighted by Crippen LogP contribution is -2.34. The molecule has 2 aliphatic rings. The van der Waals surface area contributed by atoms with Gasteiger partial charge in [-0.25, -0.2) is 5.14 Å². The molecule has 2 N–H and O–H groups in total. The van der Waals surface area contributed by atoms with E-state index >= 15 is 0 Å². The Morgan fingerprint density at radius 1 is 1.00 bits per heavy atom. The molecule has 1 aromatic heterocycles. The van der Waals surface area contributed by atoms with E-state index in [9.17, 15) is 8.42 Å². The Kier molecular flexibility index (Phi) is 6.76. The standard InChI is InChI=1S/C23H27N5O7S/c1-23(2)34-21-18(33-19(22(21)35-23)14-31-36(24,29)30)13-28-26-20(25-27-28)12-15-8-10-17(11-9-15)32-16-6-4-3-5-7-16/h3-11,18-19,21-22H,12-14H2,1-2H3,(H2,24,29,30)/t18-,19+,21-,22+/m0/s1. The summed E-state index contributed by atoms with van der Waals surface area (Å²) in [4.78, 5) is 1.43. The quantitative estimate of drug-likeness (QED) is 0.443. The van der Waals surface area contributed by atoms with E-state index in [0.717, 1.165) is 17.1 Å². The van der Waals surface area contributed by atoms with Gasteiger partial charge in [0.1, 0.15) is 35.9 Å². The minimum absolute atomic E-state index is 0.239. The third kappa shape index (κ3) is 6.06. The maximum Gasteiger partial charge on any atom is 0.333 e. The van der Waals surface area contributed by atoms with E-state index in [2.05, 4.69) is 15.4 Å². The molecule has 192 valence electrons. The first kappa shape index (κ1) is 24.7. The Hall–Kier alpha value is -2.94. The van der Waals surface area contributed by atoms with Gasteiger partial charge in [-0.15, -0.1) is 10.2 Å². The average Bonchev–Trinajstić information content (AvgIpc) is 3.48. The van der Waals surface area contributed by atoms with Crippen molar-refractivity contribution in [3.8, 4) is 11.5 Å². The molecule has 0 unspecified atom stereocenters. The maximum atomic E-state index is 11.2. The Morgan fingerprint density at radius 2 is 1.67 bits per heavy atom. The zero-order valence-electron chi connectivity index (χ0n) is 19.8. The van der Waals surface area contributed by atoms with E-state index < -0.39 is 40.5 Å². The van der Waals surface area contributed by atoms with Gasteiger partial charge in [-0.3, -0.25) is 4.18 Å². The fourth-order valence-electron chi connectivity index (χ4n) is 4.28. The highest BCUT2D eigenvalue weighted by molar-refractivity contribution is 7.84. The molecule has 5 rings (SSSR count). The van der Waals surface area contributed by atoms with Crippen LogP contribution in [0.4, 0.5) is 0 Å². The Bertz CT molecular complexity index is 1280. The summed E-state index contributed by atoms with van der Waals surface area (Å²) in [6.45, 7) is 3.52. The smallest absolute Gasteiger partial charge is 0.333 e. The highest BCUT2D eigenvalue weighted by Crippen LogP contribution is 2.39. The molecule has 12 nitrogen and oxygen atoms in total. The number of ether oxygens (including phenoxy) is 4. The normalized spacial score (nSPS) is 25.1. The molecule has 0 bridgehead atoms. The summed E-state index contributed by atoms with van der Waals surface area (Å²) in [5.74, 6) is 1.19. The maximum absolute atomic E-state index is 11.2. The first-order valence-electron chi connectivity index (χ1n) is 11.4. The number of rotatable bonds is 9. The average molecular weight is 518 g/mol. The van der Waals surface area contributed by atoms with Crippen molar-refractivity contribution in [3.05, 3.63) is 66.0 Å². The van der Waals surface area contributed by atoms with E-state index in [1.54, 1.807) is 13.8 Å². The summed E-state index contributed by atoms with van der Waals surface area (Å²) in [6, 6.07) is 17.2. The minimum Gasteiger partial charge on any atom is -0.457 e. The van der Waals surface area contributed by atoms with Crippen molar-refractivity contribution in [2.24, 2.45) is 5.14 Å². The summed E-state index contributed by atoms with van der Waals surface area (Å²) in [6.07, 6.45) is -1.67. The monoisotopic (exact) mass is 517 g/mol. The summed E-state index contributed by atoms with van der Waals surface area (Å²) in [7, 11) is -4.11. The third-order valence-corrected chi connectivity index (χ3v) is 6.21. The van der Waals surface area contributed by atoms with Crippen LogP contribution < -0.4 is 9.88 Å². The molecule has 0 amide bonds. The molecule has 0 aliphatic carbocycles. The molecule has 0 saturated carbocycles. The molecule has 3 heterocycles. The van der Waals surface area contributed by atoms with Crippen molar-refractivity contribution < 1.29 is 31.5 Å². The molecule has 3 aromatic rings. The molecule has 13 heteroatoms. The molecule has 0 radical (unpaired) electrons. The van der Waals surface area contributed by atoms with Gasteiger partial charge in [0.2, 0.25) is 0 Å². The van der Waals surface area contributed by atoms with Crippen LogP contribution in [0.2, 0.25) is 0 Å². The van der Waals surface area contributed by atoms with Gasteiger partial charge >= 0.3 is 10.3 Å². The van der Waals surface area contributed by atoms with Gasteiger partial charge in [0.25, 0.3) is 0 Å². The van der Waals surface area contributed by atoms with Crippen LogP contribution in [0.3, 0.4) is 0 Å². The number of benzene rings is 2. The lowest BCUT2D eigenvalue weighted by Gasteiger charge is -2.23. The van der Waals surface area contributed by atoms with Crippen LogP contribution >= 0.6 is 0 Å². The van der Waals surface area contributed by atoms with E-state index in [0.29, 0.717) is 12.2 Å². The van der Waals surface area contributed by atoms with Gasteiger partial charge in [0, 0.05) is 6.42 Å². The van der Waals surface area contributed by atoms with Gasteiger partial charge in [-0.05, 0) is 48.9 Å². The van der Waals surface area contributed by atoms with Crippen molar-refractivity contribution in [1.82, 2.24) is 20.2 Å². The minimum atomic E-state index is -4.11. The number of hydrogen-bond donors (Lipinski definition) is 1. The predicted octanol–water partition coefficient (Wildman–Crippen LogP) is 1.56. The van der Waals surface area contributed by atoms with Crippen LogP contribution in [0.25, 0.3) is 0 Å². The van der Waals surface area contributed by atoms with Crippen molar-refractivity contribution >= 4 is 10.3 Å². The molecule has 0 spiro atoms.